The summed E-state index contributed by atoms with van der Waals surface area (Å²) in [7, 11) is 0. The van der Waals surface area contributed by atoms with E-state index in [-0.39, 0.29) is 0 Å². The molecule has 0 heterocycles. The molecule has 2 aromatic rings. The van der Waals surface area contributed by atoms with Gasteiger partial charge in [0.05, 0.1) is 0 Å². The van der Waals surface area contributed by atoms with E-state index in [9.17, 15) is 9.59 Å². The van der Waals surface area contributed by atoms with E-state index in [0.29, 0.717) is 11.1 Å². The summed E-state index contributed by atoms with van der Waals surface area (Å²) in [6, 6.07) is 13.8. The number of carbonyl (C=O) groups is 2. The van der Waals surface area contributed by atoms with E-state index in [2.05, 4.69) is 13.2 Å². The van der Waals surface area contributed by atoms with Crippen molar-refractivity contribution in [3.8, 4) is 0 Å². The number of hydrogen-bond donors (Lipinski definition) is 0. The molecule has 0 unspecified atom stereocenters. The fourth-order valence-electron chi connectivity index (χ4n) is 2.20. The van der Waals surface area contributed by atoms with E-state index in [0.717, 1.165) is 11.1 Å². The zero-order chi connectivity index (χ0) is 19.4. The molecule has 0 radical (unpaired) electrons. The fraction of sp³-hybridized carbons (Fsp3) is 0.143. The Bertz CT molecular complexity index is 771. The van der Waals surface area contributed by atoms with Gasteiger partial charge in [-0.15, -0.1) is 0 Å². The molecule has 0 N–H and O–H groups in total. The van der Waals surface area contributed by atoms with Gasteiger partial charge in [-0.1, -0.05) is 0 Å². The molecular formula is C21H23O4Sb. The Labute approximate surface area is 156 Å². The van der Waals surface area contributed by atoms with Crippen LogP contribution in [0.4, 0.5) is 0 Å². The third-order valence-corrected chi connectivity index (χ3v) is 8.05. The summed E-state index contributed by atoms with van der Waals surface area (Å²) >= 11 is -4.34. The Hall–Kier alpha value is -2.32. The predicted octanol–water partition coefficient (Wildman–Crippen LogP) is 5.27. The van der Waals surface area contributed by atoms with Crippen LogP contribution in [0.25, 0.3) is 12.2 Å². The average Bonchev–Trinajstić information content (AvgIpc) is 2.60. The molecule has 0 bridgehead atoms. The van der Waals surface area contributed by atoms with Crippen molar-refractivity contribution in [3.05, 3.63) is 83.9 Å². The third kappa shape index (κ3) is 5.34. The van der Waals surface area contributed by atoms with E-state index in [4.69, 9.17) is 6.03 Å². The maximum absolute atomic E-state index is 12.5. The Morgan fingerprint density at radius 2 is 1.04 bits per heavy atom. The van der Waals surface area contributed by atoms with Crippen molar-refractivity contribution in [2.24, 2.45) is 0 Å². The summed E-state index contributed by atoms with van der Waals surface area (Å²) in [5.41, 5.74) is 2.63. The van der Waals surface area contributed by atoms with Gasteiger partial charge in [0, 0.05) is 0 Å². The molecule has 0 spiro atoms. The van der Waals surface area contributed by atoms with Gasteiger partial charge in [-0.2, -0.15) is 0 Å². The normalized spacial score (nSPS) is 12.3. The summed E-state index contributed by atoms with van der Waals surface area (Å²) < 4.78 is 11.4. The molecule has 0 aliphatic heterocycles. The zero-order valence-electron chi connectivity index (χ0n) is 15.3. The molecule has 26 heavy (non-hydrogen) atoms. The standard InChI is InChI=1S/2C9H8O2.3CH3.Sb/c2*1-2-7-3-5-8(6-4-7)9(10)11;;;;/h2*2-6H,1H2,(H,10,11);3*1H3;/q;;;;;+2/p-2. The van der Waals surface area contributed by atoms with E-state index in [1.54, 1.807) is 75.3 Å². The fourth-order valence-corrected chi connectivity index (χ4v) is 6.13. The zero-order valence-corrected chi connectivity index (χ0v) is 17.8. The molecule has 0 saturated carbocycles. The molecule has 136 valence electrons. The van der Waals surface area contributed by atoms with E-state index >= 15 is 0 Å². The Morgan fingerprint density at radius 1 is 0.731 bits per heavy atom. The van der Waals surface area contributed by atoms with Gasteiger partial charge in [-0.05, 0) is 0 Å². The van der Waals surface area contributed by atoms with Crippen molar-refractivity contribution in [3.63, 3.8) is 0 Å². The van der Waals surface area contributed by atoms with Crippen LogP contribution in [0.1, 0.15) is 31.8 Å². The minimum absolute atomic E-state index is 0.408. The summed E-state index contributed by atoms with van der Waals surface area (Å²) in [4.78, 5) is 30.1. The maximum atomic E-state index is 12.5. The Balaban J connectivity index is 2.13. The van der Waals surface area contributed by atoms with Gasteiger partial charge in [-0.3, -0.25) is 0 Å². The number of carbonyl (C=O) groups excluding carboxylic acids is 2. The van der Waals surface area contributed by atoms with Crippen molar-refractivity contribution < 1.29 is 15.6 Å². The Kier molecular flexibility index (Phi) is 5.77. The van der Waals surface area contributed by atoms with Crippen molar-refractivity contribution in [2.75, 3.05) is 0 Å². The first-order chi connectivity index (χ1) is 12.1. The SMILES string of the molecule is C=Cc1ccc(C(=O)[O][Sb]([CH3])([CH3])([CH3])[O]C(=O)c2ccc(C=C)cc2)cc1. The van der Waals surface area contributed by atoms with Crippen LogP contribution in [0.2, 0.25) is 14.6 Å². The first-order valence-corrected chi connectivity index (χ1v) is 17.8. The molecule has 0 saturated heterocycles. The summed E-state index contributed by atoms with van der Waals surface area (Å²) in [5.74, 6) is -0.991. The van der Waals surface area contributed by atoms with Gasteiger partial charge < -0.3 is 0 Å². The van der Waals surface area contributed by atoms with Crippen molar-refractivity contribution in [1.82, 2.24) is 0 Å². The van der Waals surface area contributed by atoms with Crippen molar-refractivity contribution >= 4 is 42.3 Å². The molecule has 0 atom stereocenters. The monoisotopic (exact) mass is 460 g/mol. The second kappa shape index (κ2) is 7.51. The minimum atomic E-state index is -4.34. The average molecular weight is 461 g/mol. The third-order valence-electron chi connectivity index (χ3n) is 3.55. The van der Waals surface area contributed by atoms with Crippen LogP contribution in [-0.2, 0) is 6.03 Å². The first-order valence-electron chi connectivity index (χ1n) is 8.06. The van der Waals surface area contributed by atoms with Crippen LogP contribution in [0, 0.1) is 0 Å². The Morgan fingerprint density at radius 3 is 1.31 bits per heavy atom. The van der Waals surface area contributed by atoms with Crippen molar-refractivity contribution in [1.29, 1.82) is 0 Å². The van der Waals surface area contributed by atoms with Crippen LogP contribution >= 0.6 is 0 Å². The second-order valence-electron chi connectivity index (χ2n) is 6.92. The van der Waals surface area contributed by atoms with Crippen LogP contribution in [-0.4, -0.2) is 30.2 Å². The molecule has 0 aliphatic carbocycles. The molecule has 0 aliphatic rings. The summed E-state index contributed by atoms with van der Waals surface area (Å²) in [5, 5.41) is 0. The van der Waals surface area contributed by atoms with E-state index in [1.807, 2.05) is 0 Å². The molecule has 2 rings (SSSR count). The van der Waals surface area contributed by atoms with Crippen LogP contribution < -0.4 is 0 Å². The van der Waals surface area contributed by atoms with Gasteiger partial charge >= 0.3 is 157 Å². The quantitative estimate of drug-likeness (QED) is 0.551. The molecule has 5 heteroatoms. The summed E-state index contributed by atoms with van der Waals surface area (Å²) in [6.07, 6.45) is 3.39. The molecule has 4 nitrogen and oxygen atoms in total. The van der Waals surface area contributed by atoms with Gasteiger partial charge in [0.2, 0.25) is 0 Å². The summed E-state index contributed by atoms with van der Waals surface area (Å²) in [6.45, 7) is 7.36. The topological polar surface area (TPSA) is 52.6 Å². The van der Waals surface area contributed by atoms with Gasteiger partial charge in [0.15, 0.2) is 0 Å². The molecule has 0 fully saturated rings. The van der Waals surface area contributed by atoms with Crippen LogP contribution in [0.5, 0.6) is 0 Å². The first kappa shape index (κ1) is 20.0. The molecule has 0 amide bonds. The van der Waals surface area contributed by atoms with Crippen molar-refractivity contribution in [2.45, 2.75) is 14.6 Å². The van der Waals surface area contributed by atoms with Crippen LogP contribution in [0.15, 0.2) is 61.7 Å². The number of rotatable bonds is 6. The molecule has 0 aromatic heterocycles. The van der Waals surface area contributed by atoms with Crippen LogP contribution in [0.3, 0.4) is 0 Å². The second-order valence-corrected chi connectivity index (χ2v) is 22.3. The molecular weight excluding hydrogens is 438 g/mol. The van der Waals surface area contributed by atoms with E-state index < -0.39 is 30.2 Å². The number of benzene rings is 2. The van der Waals surface area contributed by atoms with Gasteiger partial charge in [-0.25, -0.2) is 0 Å². The molecule has 2 aromatic carbocycles. The van der Waals surface area contributed by atoms with Gasteiger partial charge in [0.1, 0.15) is 0 Å². The number of hydrogen-bond acceptors (Lipinski definition) is 4. The predicted molar refractivity (Wildman–Crippen MR) is 107 cm³/mol. The van der Waals surface area contributed by atoms with E-state index in [1.165, 1.54) is 0 Å². The van der Waals surface area contributed by atoms with Gasteiger partial charge in [0.25, 0.3) is 0 Å².